The highest BCUT2D eigenvalue weighted by molar-refractivity contribution is 6.01. The number of aliphatic hydroxyl groups excluding tert-OH is 2. The highest BCUT2D eigenvalue weighted by atomic mass is 16.3. The summed E-state index contributed by atoms with van der Waals surface area (Å²) in [7, 11) is 0. The average molecular weight is 373 g/mol. The van der Waals surface area contributed by atoms with E-state index in [1.807, 2.05) is 6.08 Å². The highest BCUT2D eigenvalue weighted by Gasteiger charge is 2.64. The molecule has 3 fully saturated rings. The fourth-order valence-corrected chi connectivity index (χ4v) is 7.90. The number of Topliss-reactive ketones (excluding diaryl/α,β-unsaturated/α-hetero) is 1. The zero-order chi connectivity index (χ0) is 19.7. The number of rotatable bonds is 2. The minimum atomic E-state index is -0.505. The quantitative estimate of drug-likeness (QED) is 0.782. The maximum Gasteiger partial charge on any atom is 0.178 e. The van der Waals surface area contributed by atoms with Crippen molar-refractivity contribution >= 4 is 11.6 Å². The molecule has 2 N–H and O–H groups in total. The molecule has 0 bridgehead atoms. The summed E-state index contributed by atoms with van der Waals surface area (Å²) in [5.74, 6) is 1.10. The Morgan fingerprint density at radius 2 is 1.96 bits per heavy atom. The van der Waals surface area contributed by atoms with Crippen molar-refractivity contribution < 1.29 is 19.8 Å². The van der Waals surface area contributed by atoms with Crippen LogP contribution in [0, 0.1) is 46.3 Å². The van der Waals surface area contributed by atoms with Crippen LogP contribution in [0.4, 0.5) is 0 Å². The first-order chi connectivity index (χ1) is 12.6. The van der Waals surface area contributed by atoms with Gasteiger partial charge >= 0.3 is 0 Å². The van der Waals surface area contributed by atoms with Crippen molar-refractivity contribution in [3.8, 4) is 0 Å². The van der Waals surface area contributed by atoms with E-state index in [-0.39, 0.29) is 40.2 Å². The molecule has 9 atom stereocenters. The summed E-state index contributed by atoms with van der Waals surface area (Å²) in [4.78, 5) is 24.5. The van der Waals surface area contributed by atoms with Crippen molar-refractivity contribution in [3.63, 3.8) is 0 Å². The minimum absolute atomic E-state index is 0.0472. The van der Waals surface area contributed by atoms with Crippen molar-refractivity contribution in [1.82, 2.24) is 0 Å². The van der Waals surface area contributed by atoms with Crippen LogP contribution in [0.1, 0.15) is 47.0 Å². The van der Waals surface area contributed by atoms with E-state index in [1.54, 1.807) is 12.2 Å². The SMILES string of the molecule is C[C@@H]1C[C@H]2[C@@H]3C[C@H](C)C4=CC(=O)C=C[C@]4(C)[C@H]3[C@@H](O)C[C@]2(C)[C@H]1C(=O)CO. The van der Waals surface area contributed by atoms with Gasteiger partial charge in [-0.3, -0.25) is 9.59 Å². The predicted octanol–water partition coefficient (Wildman–Crippen LogP) is 2.93. The van der Waals surface area contributed by atoms with Gasteiger partial charge in [-0.25, -0.2) is 0 Å². The number of ketones is 2. The minimum Gasteiger partial charge on any atom is -0.393 e. The van der Waals surface area contributed by atoms with Gasteiger partial charge in [0.05, 0.1) is 6.10 Å². The number of aliphatic hydroxyl groups is 2. The smallest absolute Gasteiger partial charge is 0.178 e. The Bertz CT molecular complexity index is 737. The van der Waals surface area contributed by atoms with Gasteiger partial charge in [-0.05, 0) is 60.5 Å². The van der Waals surface area contributed by atoms with Gasteiger partial charge in [0.2, 0.25) is 0 Å². The molecule has 0 amide bonds. The van der Waals surface area contributed by atoms with Crippen LogP contribution < -0.4 is 0 Å². The van der Waals surface area contributed by atoms with Crippen LogP contribution in [0.15, 0.2) is 23.8 Å². The van der Waals surface area contributed by atoms with E-state index in [4.69, 9.17) is 0 Å². The van der Waals surface area contributed by atoms with E-state index < -0.39 is 12.7 Å². The van der Waals surface area contributed by atoms with Crippen molar-refractivity contribution in [1.29, 1.82) is 0 Å². The van der Waals surface area contributed by atoms with Crippen molar-refractivity contribution in [2.75, 3.05) is 6.61 Å². The van der Waals surface area contributed by atoms with Crippen molar-refractivity contribution in [2.24, 2.45) is 46.3 Å². The summed E-state index contributed by atoms with van der Waals surface area (Å²) in [5, 5.41) is 20.8. The van der Waals surface area contributed by atoms with E-state index in [9.17, 15) is 19.8 Å². The first-order valence-electron chi connectivity index (χ1n) is 10.4. The summed E-state index contributed by atoms with van der Waals surface area (Å²) in [6, 6.07) is 0. The molecule has 27 heavy (non-hydrogen) atoms. The lowest BCUT2D eigenvalue weighted by molar-refractivity contribution is -0.144. The van der Waals surface area contributed by atoms with Crippen LogP contribution in [-0.4, -0.2) is 34.5 Å². The van der Waals surface area contributed by atoms with Crippen LogP contribution in [-0.2, 0) is 9.59 Å². The van der Waals surface area contributed by atoms with Crippen molar-refractivity contribution in [2.45, 2.75) is 53.1 Å². The van der Waals surface area contributed by atoms with E-state index in [0.717, 1.165) is 18.4 Å². The van der Waals surface area contributed by atoms with Gasteiger partial charge in [-0.1, -0.05) is 39.3 Å². The van der Waals surface area contributed by atoms with E-state index in [2.05, 4.69) is 27.7 Å². The fraction of sp³-hybridized carbons (Fsp3) is 0.739. The molecule has 0 radical (unpaired) electrons. The molecule has 4 aliphatic carbocycles. The Morgan fingerprint density at radius 3 is 2.63 bits per heavy atom. The third-order valence-electron chi connectivity index (χ3n) is 8.66. The molecule has 0 unspecified atom stereocenters. The molecule has 0 aromatic carbocycles. The maximum atomic E-state index is 12.6. The molecule has 4 rings (SSSR count). The van der Waals surface area contributed by atoms with E-state index in [0.29, 0.717) is 24.2 Å². The van der Waals surface area contributed by atoms with Crippen LogP contribution in [0.25, 0.3) is 0 Å². The topological polar surface area (TPSA) is 74.6 Å². The zero-order valence-electron chi connectivity index (χ0n) is 16.8. The molecule has 148 valence electrons. The molecule has 0 heterocycles. The Morgan fingerprint density at radius 1 is 1.26 bits per heavy atom. The number of allylic oxidation sites excluding steroid dienone is 4. The molecule has 0 aliphatic heterocycles. The number of carbonyl (C=O) groups excluding carboxylic acids is 2. The lowest BCUT2D eigenvalue weighted by Crippen LogP contribution is -2.57. The summed E-state index contributed by atoms with van der Waals surface area (Å²) >= 11 is 0. The Hall–Kier alpha value is -1.26. The first-order valence-corrected chi connectivity index (χ1v) is 10.4. The Labute approximate surface area is 161 Å². The molecular formula is C23H32O4. The lowest BCUT2D eigenvalue weighted by Gasteiger charge is -2.60. The van der Waals surface area contributed by atoms with Crippen LogP contribution in [0.5, 0.6) is 0 Å². The Balaban J connectivity index is 1.77. The van der Waals surface area contributed by atoms with Gasteiger partial charge in [0.15, 0.2) is 11.6 Å². The normalized spacial score (nSPS) is 51.3. The molecular weight excluding hydrogens is 340 g/mol. The molecule has 4 nitrogen and oxygen atoms in total. The monoisotopic (exact) mass is 372 g/mol. The largest absolute Gasteiger partial charge is 0.393 e. The van der Waals surface area contributed by atoms with Gasteiger partial charge in [0.1, 0.15) is 6.61 Å². The number of hydrogen-bond donors (Lipinski definition) is 2. The number of hydrogen-bond acceptors (Lipinski definition) is 4. The summed E-state index contributed by atoms with van der Waals surface area (Å²) in [5.41, 5.74) is 0.609. The average Bonchev–Trinajstić information content (AvgIpc) is 2.85. The third kappa shape index (κ3) is 2.49. The molecule has 0 aromatic heterocycles. The molecule has 0 saturated heterocycles. The number of fused-ring (bicyclic) bond motifs is 5. The van der Waals surface area contributed by atoms with E-state index in [1.165, 1.54) is 0 Å². The zero-order valence-corrected chi connectivity index (χ0v) is 16.8. The molecule has 0 spiro atoms. The van der Waals surface area contributed by atoms with Gasteiger partial charge in [-0.2, -0.15) is 0 Å². The summed E-state index contributed by atoms with van der Waals surface area (Å²) in [6.07, 6.45) is 7.50. The van der Waals surface area contributed by atoms with Gasteiger partial charge in [-0.15, -0.1) is 0 Å². The van der Waals surface area contributed by atoms with Gasteiger partial charge < -0.3 is 10.2 Å². The van der Waals surface area contributed by atoms with Crippen LogP contribution in [0.2, 0.25) is 0 Å². The predicted molar refractivity (Wildman–Crippen MR) is 103 cm³/mol. The number of carbonyl (C=O) groups is 2. The first kappa shape index (κ1) is 19.1. The fourth-order valence-electron chi connectivity index (χ4n) is 7.90. The maximum absolute atomic E-state index is 12.6. The van der Waals surface area contributed by atoms with Gasteiger partial charge in [0.25, 0.3) is 0 Å². The highest BCUT2D eigenvalue weighted by Crippen LogP contribution is 2.67. The summed E-state index contributed by atoms with van der Waals surface area (Å²) in [6.45, 7) is 8.25. The Kier molecular flexibility index (Phi) is 4.32. The van der Waals surface area contributed by atoms with E-state index >= 15 is 0 Å². The van der Waals surface area contributed by atoms with Crippen LogP contribution in [0.3, 0.4) is 0 Å². The molecule has 4 heteroatoms. The summed E-state index contributed by atoms with van der Waals surface area (Å²) < 4.78 is 0. The standard InChI is InChI=1S/C23H32O4/c1-12-7-15-17-8-13(2)20(19(27)11-24)23(17,4)10-18(26)21(15)22(3)6-5-14(25)9-16(12)22/h5-6,9,12-13,15,17-18,20-21,24,26H,7-8,10-11H2,1-4H3/t12-,13+,15-,17-,18-,20+,21+,22-,23-/m0/s1. The molecule has 0 aromatic rings. The second kappa shape index (κ2) is 6.12. The molecule has 3 saturated carbocycles. The second-order valence-corrected chi connectivity index (χ2v) is 10.1. The van der Waals surface area contributed by atoms with Crippen LogP contribution >= 0.6 is 0 Å². The lowest BCUT2D eigenvalue weighted by atomic mass is 9.45. The third-order valence-corrected chi connectivity index (χ3v) is 8.66. The van der Waals surface area contributed by atoms with Gasteiger partial charge in [0, 0.05) is 17.3 Å². The van der Waals surface area contributed by atoms with Crippen molar-refractivity contribution in [3.05, 3.63) is 23.8 Å². The second-order valence-electron chi connectivity index (χ2n) is 10.1. The molecule has 4 aliphatic rings.